The third-order valence-corrected chi connectivity index (χ3v) is 7.77. The van der Waals surface area contributed by atoms with Crippen LogP contribution in [-0.4, -0.2) is 66.1 Å². The minimum atomic E-state index is -1.16. The summed E-state index contributed by atoms with van der Waals surface area (Å²) in [6.07, 6.45) is 7.02. The highest BCUT2D eigenvalue weighted by atomic mass is 19.1. The predicted molar refractivity (Wildman–Crippen MR) is 151 cm³/mol. The first kappa shape index (κ1) is 30.0. The Bertz CT molecular complexity index is 1320. The van der Waals surface area contributed by atoms with Crippen LogP contribution in [0.3, 0.4) is 0 Å². The lowest BCUT2D eigenvalue weighted by Crippen LogP contribution is -2.56. The molecule has 3 atom stereocenters. The van der Waals surface area contributed by atoms with Crippen LogP contribution >= 0.6 is 0 Å². The molecule has 2 aliphatic rings. The summed E-state index contributed by atoms with van der Waals surface area (Å²) in [5.74, 6) is 0.765. The van der Waals surface area contributed by atoms with Gasteiger partial charge in [0.25, 0.3) is 0 Å². The number of carbonyl (C=O) groups is 3. The number of ether oxygens (including phenoxy) is 1. The van der Waals surface area contributed by atoms with Crippen LogP contribution in [0.5, 0.6) is 5.75 Å². The van der Waals surface area contributed by atoms with Gasteiger partial charge >= 0.3 is 0 Å². The zero-order valence-electron chi connectivity index (χ0n) is 23.2. The Balaban J connectivity index is 1.59. The molecule has 1 saturated carbocycles. The number of carbonyl (C=O) groups excluding carboxylic acids is 3. The molecule has 218 valence electrons. The van der Waals surface area contributed by atoms with Crippen molar-refractivity contribution in [3.05, 3.63) is 65.0 Å². The highest BCUT2D eigenvalue weighted by molar-refractivity contribution is 5.91. The maximum absolute atomic E-state index is 14.5. The first-order valence-corrected chi connectivity index (χ1v) is 13.9. The van der Waals surface area contributed by atoms with Gasteiger partial charge in [-0.2, -0.15) is 0 Å². The molecular formula is C31H37FN4O5. The number of fused-ring (bicyclic) bond motifs is 2. The first-order valence-electron chi connectivity index (χ1n) is 13.9. The predicted octanol–water partition coefficient (Wildman–Crippen LogP) is 1.74. The molecule has 1 aliphatic heterocycles. The summed E-state index contributed by atoms with van der Waals surface area (Å²) in [7, 11) is 1.46. The van der Waals surface area contributed by atoms with Gasteiger partial charge in [-0.05, 0) is 67.5 Å². The Kier molecular flexibility index (Phi) is 9.63. The minimum Gasteiger partial charge on any atom is -0.493 e. The van der Waals surface area contributed by atoms with Gasteiger partial charge in [0.15, 0.2) is 0 Å². The van der Waals surface area contributed by atoms with E-state index in [9.17, 15) is 23.9 Å². The van der Waals surface area contributed by atoms with Crippen LogP contribution in [0.15, 0.2) is 42.5 Å². The highest BCUT2D eigenvalue weighted by Crippen LogP contribution is 2.45. The fraction of sp³-hybridized carbons (Fsp3) is 0.452. The third kappa shape index (κ3) is 7.84. The molecule has 0 spiro atoms. The normalized spacial score (nSPS) is 21.9. The summed E-state index contributed by atoms with van der Waals surface area (Å²) in [5, 5.41) is 17.6. The van der Waals surface area contributed by atoms with E-state index in [4.69, 9.17) is 16.9 Å². The molecule has 0 radical (unpaired) electrons. The molecule has 4 rings (SSSR count). The van der Waals surface area contributed by atoms with E-state index in [1.807, 2.05) is 24.3 Å². The van der Waals surface area contributed by atoms with Crippen LogP contribution < -0.4 is 21.1 Å². The number of hydrogen-bond acceptors (Lipinski definition) is 6. The van der Waals surface area contributed by atoms with Gasteiger partial charge < -0.3 is 31.1 Å². The molecule has 9 nitrogen and oxygen atoms in total. The van der Waals surface area contributed by atoms with Crippen molar-refractivity contribution in [2.75, 3.05) is 20.2 Å². The first-order chi connectivity index (χ1) is 19.6. The Labute approximate surface area is 239 Å². The lowest BCUT2D eigenvalue weighted by atomic mass is 9.98. The molecule has 10 heteroatoms. The number of nitrogens with two attached hydrogens (primary N) is 1. The lowest BCUT2D eigenvalue weighted by Gasteiger charge is -2.31. The number of halogens is 1. The van der Waals surface area contributed by atoms with E-state index in [0.29, 0.717) is 24.2 Å². The minimum absolute atomic E-state index is 0.0727. The quantitative estimate of drug-likeness (QED) is 0.379. The fourth-order valence-electron chi connectivity index (χ4n) is 5.19. The van der Waals surface area contributed by atoms with E-state index in [-0.39, 0.29) is 43.9 Å². The zero-order valence-corrected chi connectivity index (χ0v) is 23.2. The number of nitrogens with one attached hydrogen (secondary N) is 2. The summed E-state index contributed by atoms with van der Waals surface area (Å²) < 4.78 is 20.2. The number of nitrogens with zero attached hydrogens (tertiary/aromatic N) is 1. The maximum Gasteiger partial charge on any atom is 0.243 e. The average Bonchev–Trinajstić information content (AvgIpc) is 3.74. The average molecular weight is 565 g/mol. The van der Waals surface area contributed by atoms with Crippen molar-refractivity contribution in [1.29, 1.82) is 0 Å². The van der Waals surface area contributed by atoms with Gasteiger partial charge in [0.05, 0.1) is 25.2 Å². The fourth-order valence-corrected chi connectivity index (χ4v) is 5.19. The summed E-state index contributed by atoms with van der Waals surface area (Å²) in [6, 6.07) is 9.89. The molecule has 5 N–H and O–H groups in total. The SMILES string of the molecule is C#Cc1cccc(C2(NC[C@@H](O)[C@@H]3Cc4cc(F)cc(c4)OCCCCC(=O)N(C)[C@@H](CC(N)=O)C(=O)N3)CC2)c1. The molecule has 2 aromatic carbocycles. The molecule has 2 aromatic rings. The molecule has 0 aromatic heterocycles. The van der Waals surface area contributed by atoms with E-state index in [1.54, 1.807) is 6.07 Å². The topological polar surface area (TPSA) is 134 Å². The van der Waals surface area contributed by atoms with Crippen LogP contribution in [0.4, 0.5) is 4.39 Å². The monoisotopic (exact) mass is 564 g/mol. The van der Waals surface area contributed by atoms with Crippen molar-refractivity contribution in [3.63, 3.8) is 0 Å². The van der Waals surface area contributed by atoms with E-state index in [1.165, 1.54) is 24.1 Å². The summed E-state index contributed by atoms with van der Waals surface area (Å²) >= 11 is 0. The van der Waals surface area contributed by atoms with Gasteiger partial charge in [-0.25, -0.2) is 4.39 Å². The van der Waals surface area contributed by atoms with Crippen molar-refractivity contribution in [2.24, 2.45) is 5.73 Å². The standard InChI is InChI=1S/C31H37FN4O5/c1-3-20-7-6-8-22(13-20)31(10-11-31)34-19-27(37)25-16-21-14-23(32)17-24(15-21)41-12-5-4-9-29(39)36(2)26(18-28(33)38)30(40)35-25/h1,6-8,13-15,17,25-27,34,37H,4-5,9-12,16,18-19H2,2H3,(H2,33,38)(H,35,40)/t25-,26-,27+/m0/s1. The number of primary amides is 1. The molecular weight excluding hydrogens is 527 g/mol. The molecule has 2 bridgehead atoms. The van der Waals surface area contributed by atoms with E-state index in [0.717, 1.165) is 24.0 Å². The molecule has 0 unspecified atom stereocenters. The van der Waals surface area contributed by atoms with Crippen molar-refractivity contribution in [2.45, 2.75) is 68.7 Å². The highest BCUT2D eigenvalue weighted by Gasteiger charge is 2.44. The maximum atomic E-state index is 14.5. The smallest absolute Gasteiger partial charge is 0.243 e. The number of amides is 3. The van der Waals surface area contributed by atoms with Crippen molar-refractivity contribution >= 4 is 17.7 Å². The van der Waals surface area contributed by atoms with Crippen LogP contribution in [-0.2, 0) is 26.3 Å². The zero-order chi connectivity index (χ0) is 29.6. The van der Waals surface area contributed by atoms with Gasteiger partial charge in [0, 0.05) is 37.2 Å². The van der Waals surface area contributed by atoms with Crippen molar-refractivity contribution < 1.29 is 28.6 Å². The number of hydrogen-bond donors (Lipinski definition) is 4. The van der Waals surface area contributed by atoms with Crippen LogP contribution in [0.25, 0.3) is 0 Å². The van der Waals surface area contributed by atoms with Crippen LogP contribution in [0.2, 0.25) is 0 Å². The van der Waals surface area contributed by atoms with Crippen LogP contribution in [0, 0.1) is 18.2 Å². The molecule has 0 saturated heterocycles. The van der Waals surface area contributed by atoms with Crippen molar-refractivity contribution in [1.82, 2.24) is 15.5 Å². The number of rotatable bonds is 7. The van der Waals surface area contributed by atoms with Gasteiger partial charge in [0.2, 0.25) is 17.7 Å². The molecule has 1 fully saturated rings. The Hall–Kier alpha value is -3.94. The van der Waals surface area contributed by atoms with Crippen molar-refractivity contribution in [3.8, 4) is 18.1 Å². The molecule has 41 heavy (non-hydrogen) atoms. The number of benzene rings is 2. The van der Waals surface area contributed by atoms with E-state index >= 15 is 0 Å². The Morgan fingerprint density at radius 3 is 2.78 bits per heavy atom. The second-order valence-corrected chi connectivity index (χ2v) is 10.9. The van der Waals surface area contributed by atoms with Gasteiger partial charge in [-0.1, -0.05) is 18.1 Å². The van der Waals surface area contributed by atoms with Gasteiger partial charge in [-0.15, -0.1) is 6.42 Å². The summed E-state index contributed by atoms with van der Waals surface area (Å²) in [5.41, 5.74) is 7.36. The van der Waals surface area contributed by atoms with E-state index in [2.05, 4.69) is 16.6 Å². The number of terminal acetylenes is 1. The summed E-state index contributed by atoms with van der Waals surface area (Å²) in [6.45, 7) is 0.389. The van der Waals surface area contributed by atoms with Crippen LogP contribution in [0.1, 0.15) is 55.2 Å². The second-order valence-electron chi connectivity index (χ2n) is 10.9. The van der Waals surface area contributed by atoms with E-state index < -0.39 is 35.8 Å². The number of likely N-dealkylation sites (N-methyl/N-ethyl adjacent to an activating group) is 1. The molecule has 3 amide bonds. The Morgan fingerprint density at radius 2 is 2.07 bits per heavy atom. The second kappa shape index (κ2) is 13.1. The largest absolute Gasteiger partial charge is 0.493 e. The molecule has 1 heterocycles. The lowest BCUT2D eigenvalue weighted by molar-refractivity contribution is -0.141. The summed E-state index contributed by atoms with van der Waals surface area (Å²) in [4.78, 5) is 39.4. The third-order valence-electron chi connectivity index (χ3n) is 7.77. The Morgan fingerprint density at radius 1 is 1.29 bits per heavy atom. The molecule has 1 aliphatic carbocycles. The number of aliphatic hydroxyl groups excluding tert-OH is 1. The van der Waals surface area contributed by atoms with Gasteiger partial charge in [0.1, 0.15) is 17.6 Å². The van der Waals surface area contributed by atoms with Gasteiger partial charge in [-0.3, -0.25) is 14.4 Å². The number of aliphatic hydroxyl groups is 1.